The number of aliphatic hydroxyl groups is 1. The van der Waals surface area contributed by atoms with Crippen molar-refractivity contribution in [3.05, 3.63) is 60.3 Å². The van der Waals surface area contributed by atoms with Crippen molar-refractivity contribution < 1.29 is 5.11 Å². The van der Waals surface area contributed by atoms with E-state index < -0.39 is 0 Å². The van der Waals surface area contributed by atoms with Gasteiger partial charge in [0.15, 0.2) is 11.0 Å². The molecule has 0 saturated carbocycles. The van der Waals surface area contributed by atoms with Crippen LogP contribution in [0.1, 0.15) is 5.56 Å². The molecule has 0 atom stereocenters. The average Bonchev–Trinajstić information content (AvgIpc) is 3.23. The van der Waals surface area contributed by atoms with Crippen molar-refractivity contribution in [2.45, 2.75) is 12.1 Å². The van der Waals surface area contributed by atoms with E-state index in [9.17, 15) is 5.11 Å². The molecule has 6 heteroatoms. The Labute approximate surface area is 149 Å². The van der Waals surface area contributed by atoms with Crippen LogP contribution in [0.4, 0.5) is 0 Å². The van der Waals surface area contributed by atoms with Crippen LogP contribution in [0.5, 0.6) is 0 Å². The van der Waals surface area contributed by atoms with Crippen LogP contribution in [-0.2, 0) is 0 Å². The van der Waals surface area contributed by atoms with E-state index in [0.717, 1.165) is 33.1 Å². The summed E-state index contributed by atoms with van der Waals surface area (Å²) in [5, 5.41) is 19.9. The van der Waals surface area contributed by atoms with Crippen molar-refractivity contribution in [1.29, 1.82) is 0 Å². The molecule has 4 aromatic rings. The van der Waals surface area contributed by atoms with Gasteiger partial charge in [0.25, 0.3) is 0 Å². The quantitative estimate of drug-likeness (QED) is 0.537. The first kappa shape index (κ1) is 15.9. The second-order valence-electron chi connectivity index (χ2n) is 5.80. The van der Waals surface area contributed by atoms with Gasteiger partial charge in [0, 0.05) is 34.1 Å². The Morgan fingerprint density at radius 1 is 1.12 bits per heavy atom. The molecular weight excluding hydrogens is 332 g/mol. The van der Waals surface area contributed by atoms with Crippen molar-refractivity contribution in [2.24, 2.45) is 0 Å². The van der Waals surface area contributed by atoms with Crippen LogP contribution in [0.15, 0.2) is 59.9 Å². The van der Waals surface area contributed by atoms with Gasteiger partial charge in [-0.05, 0) is 30.7 Å². The summed E-state index contributed by atoms with van der Waals surface area (Å²) in [5.41, 5.74) is 4.28. The first-order valence-corrected chi connectivity index (χ1v) is 9.09. The van der Waals surface area contributed by atoms with Crippen molar-refractivity contribution in [1.82, 2.24) is 19.7 Å². The van der Waals surface area contributed by atoms with Crippen LogP contribution >= 0.6 is 11.8 Å². The smallest absolute Gasteiger partial charge is 0.196 e. The molecule has 0 saturated heterocycles. The van der Waals surface area contributed by atoms with E-state index in [1.165, 1.54) is 17.3 Å². The number of nitrogens with zero attached hydrogens (tertiary/aromatic N) is 3. The maximum atomic E-state index is 9.18. The van der Waals surface area contributed by atoms with Gasteiger partial charge < -0.3 is 10.1 Å². The zero-order valence-electron chi connectivity index (χ0n) is 13.8. The summed E-state index contributed by atoms with van der Waals surface area (Å²) in [6, 6.07) is 16.4. The molecule has 4 rings (SSSR count). The van der Waals surface area contributed by atoms with Crippen molar-refractivity contribution in [2.75, 3.05) is 12.4 Å². The Kier molecular flexibility index (Phi) is 4.29. The summed E-state index contributed by atoms with van der Waals surface area (Å²) < 4.78 is 2.06. The predicted octanol–water partition coefficient (Wildman–Crippen LogP) is 3.81. The fourth-order valence-electron chi connectivity index (χ4n) is 2.93. The van der Waals surface area contributed by atoms with Crippen LogP contribution in [-0.4, -0.2) is 37.2 Å². The lowest BCUT2D eigenvalue weighted by Crippen LogP contribution is -2.00. The zero-order chi connectivity index (χ0) is 17.2. The number of aromatic nitrogens is 4. The monoisotopic (exact) mass is 350 g/mol. The molecule has 0 radical (unpaired) electrons. The molecule has 2 aromatic heterocycles. The summed E-state index contributed by atoms with van der Waals surface area (Å²) >= 11 is 1.50. The number of hydrogen-bond donors (Lipinski definition) is 2. The molecule has 0 bridgehead atoms. The molecule has 0 aliphatic carbocycles. The Morgan fingerprint density at radius 2 is 2.00 bits per heavy atom. The highest BCUT2D eigenvalue weighted by molar-refractivity contribution is 7.99. The van der Waals surface area contributed by atoms with Gasteiger partial charge in [-0.1, -0.05) is 42.1 Å². The highest BCUT2D eigenvalue weighted by Gasteiger charge is 2.18. The third kappa shape index (κ3) is 2.94. The summed E-state index contributed by atoms with van der Waals surface area (Å²) in [7, 11) is 0. The van der Waals surface area contributed by atoms with Crippen molar-refractivity contribution >= 4 is 22.7 Å². The highest BCUT2D eigenvalue weighted by Crippen LogP contribution is 2.32. The third-order valence-corrected chi connectivity index (χ3v) is 4.95. The molecule has 0 amide bonds. The SMILES string of the molecule is Cc1cccc(-n2c(SCCO)nnc2-c2c[nH]c3ccccc23)c1. The van der Waals surface area contributed by atoms with E-state index in [0.29, 0.717) is 5.75 Å². The molecular formula is C19H18N4OS. The summed E-state index contributed by atoms with van der Waals surface area (Å²) in [6.45, 7) is 2.17. The van der Waals surface area contributed by atoms with Crippen LogP contribution < -0.4 is 0 Å². The molecule has 0 aliphatic heterocycles. The fraction of sp³-hybridized carbons (Fsp3) is 0.158. The maximum Gasteiger partial charge on any atom is 0.196 e. The molecule has 126 valence electrons. The van der Waals surface area contributed by atoms with Gasteiger partial charge in [-0.15, -0.1) is 10.2 Å². The summed E-state index contributed by atoms with van der Waals surface area (Å²) in [6.07, 6.45) is 1.97. The van der Waals surface area contributed by atoms with E-state index in [-0.39, 0.29) is 6.61 Å². The topological polar surface area (TPSA) is 66.7 Å². The van der Waals surface area contributed by atoms with E-state index in [1.54, 1.807) is 0 Å². The third-order valence-electron chi connectivity index (χ3n) is 4.05. The van der Waals surface area contributed by atoms with Crippen LogP contribution in [0.2, 0.25) is 0 Å². The number of aromatic amines is 1. The van der Waals surface area contributed by atoms with Gasteiger partial charge in [-0.3, -0.25) is 4.57 Å². The molecule has 5 nitrogen and oxygen atoms in total. The zero-order valence-corrected chi connectivity index (χ0v) is 14.6. The van der Waals surface area contributed by atoms with Crippen molar-refractivity contribution in [3.63, 3.8) is 0 Å². The van der Waals surface area contributed by atoms with Crippen LogP contribution in [0, 0.1) is 6.92 Å². The van der Waals surface area contributed by atoms with Gasteiger partial charge in [0.1, 0.15) is 0 Å². The summed E-state index contributed by atoms with van der Waals surface area (Å²) in [4.78, 5) is 3.30. The fourth-order valence-corrected chi connectivity index (χ4v) is 3.62. The Morgan fingerprint density at radius 3 is 2.84 bits per heavy atom. The van der Waals surface area contributed by atoms with E-state index >= 15 is 0 Å². The van der Waals surface area contributed by atoms with Gasteiger partial charge in [-0.2, -0.15) is 0 Å². The average molecular weight is 350 g/mol. The molecule has 0 aliphatic rings. The lowest BCUT2D eigenvalue weighted by atomic mass is 10.1. The molecule has 25 heavy (non-hydrogen) atoms. The second kappa shape index (κ2) is 6.74. The minimum Gasteiger partial charge on any atom is -0.396 e. The lowest BCUT2D eigenvalue weighted by molar-refractivity contribution is 0.322. The van der Waals surface area contributed by atoms with Gasteiger partial charge >= 0.3 is 0 Å². The first-order valence-electron chi connectivity index (χ1n) is 8.10. The normalized spacial score (nSPS) is 11.3. The van der Waals surface area contributed by atoms with Crippen LogP contribution in [0.25, 0.3) is 28.0 Å². The molecule has 0 fully saturated rings. The summed E-state index contributed by atoms with van der Waals surface area (Å²) in [5.74, 6) is 1.38. The number of aliphatic hydroxyl groups excluding tert-OH is 1. The Hall–Kier alpha value is -2.57. The van der Waals surface area contributed by atoms with E-state index in [4.69, 9.17) is 0 Å². The van der Waals surface area contributed by atoms with Gasteiger partial charge in [-0.25, -0.2) is 0 Å². The van der Waals surface area contributed by atoms with Crippen LogP contribution in [0.3, 0.4) is 0 Å². The minimum atomic E-state index is 0.105. The minimum absolute atomic E-state index is 0.105. The number of thioether (sulfide) groups is 1. The number of benzene rings is 2. The molecule has 0 spiro atoms. The Bertz CT molecular complexity index is 1020. The second-order valence-corrected chi connectivity index (χ2v) is 6.86. The molecule has 0 unspecified atom stereocenters. The first-order chi connectivity index (χ1) is 12.3. The number of fused-ring (bicyclic) bond motifs is 1. The Balaban J connectivity index is 1.92. The molecule has 2 heterocycles. The van der Waals surface area contributed by atoms with E-state index in [2.05, 4.69) is 50.9 Å². The molecule has 2 aromatic carbocycles. The number of aryl methyl sites for hydroxylation is 1. The number of nitrogens with one attached hydrogen (secondary N) is 1. The van der Waals surface area contributed by atoms with Crippen molar-refractivity contribution in [3.8, 4) is 17.1 Å². The standard InChI is InChI=1S/C19H18N4OS/c1-13-5-4-6-14(11-13)23-18(21-22-19(23)25-10-9-24)16-12-20-17-8-3-2-7-15(16)17/h2-8,11-12,20,24H,9-10H2,1H3. The number of H-pyrrole nitrogens is 1. The predicted molar refractivity (Wildman–Crippen MR) is 101 cm³/mol. The van der Waals surface area contributed by atoms with Gasteiger partial charge in [0.2, 0.25) is 0 Å². The highest BCUT2D eigenvalue weighted by atomic mass is 32.2. The lowest BCUT2D eigenvalue weighted by Gasteiger charge is -2.10. The number of hydrogen-bond acceptors (Lipinski definition) is 4. The number of rotatable bonds is 5. The number of para-hydroxylation sites is 1. The van der Waals surface area contributed by atoms with E-state index in [1.807, 2.05) is 30.5 Å². The van der Waals surface area contributed by atoms with Gasteiger partial charge in [0.05, 0.1) is 6.61 Å². The molecule has 2 N–H and O–H groups in total. The largest absolute Gasteiger partial charge is 0.396 e. The maximum absolute atomic E-state index is 9.18.